The molecule has 1 aliphatic heterocycles. The summed E-state index contributed by atoms with van der Waals surface area (Å²) in [6, 6.07) is 29.1. The van der Waals surface area contributed by atoms with Gasteiger partial charge in [0.25, 0.3) is 0 Å². The van der Waals surface area contributed by atoms with E-state index in [1.807, 2.05) is 12.1 Å². The van der Waals surface area contributed by atoms with Gasteiger partial charge in [0, 0.05) is 58.6 Å². The van der Waals surface area contributed by atoms with Crippen LogP contribution >= 0.6 is 0 Å². The van der Waals surface area contributed by atoms with Crippen LogP contribution in [0.4, 0.5) is 0 Å². The molecule has 0 fully saturated rings. The highest BCUT2D eigenvalue weighted by Crippen LogP contribution is 2.68. The van der Waals surface area contributed by atoms with E-state index >= 15 is 0 Å². The topological polar surface area (TPSA) is 171 Å². The van der Waals surface area contributed by atoms with E-state index in [1.165, 1.54) is 18.2 Å². The van der Waals surface area contributed by atoms with Crippen molar-refractivity contribution in [3.63, 3.8) is 0 Å². The first-order valence-corrected chi connectivity index (χ1v) is 16.6. The third-order valence-electron chi connectivity index (χ3n) is 10.9. The maximum Gasteiger partial charge on any atom is 0.135 e. The van der Waals surface area contributed by atoms with Crippen LogP contribution in [0.5, 0.6) is 51.7 Å². The molecule has 0 radical (unpaired) electrons. The smallest absolute Gasteiger partial charge is 0.135 e. The molecule has 9 rings (SSSR count). The molecule has 0 saturated heterocycles. The Balaban J connectivity index is 1.47. The minimum absolute atomic E-state index is 0.0381. The lowest BCUT2D eigenvalue weighted by molar-refractivity contribution is 0.221. The average Bonchev–Trinajstić information content (AvgIpc) is 3.64. The van der Waals surface area contributed by atoms with Crippen LogP contribution in [0.1, 0.15) is 85.8 Å². The van der Waals surface area contributed by atoms with Gasteiger partial charge in [-0.15, -0.1) is 0 Å². The Morgan fingerprint density at radius 1 is 0.353 bits per heavy atom. The molecule has 2 aliphatic carbocycles. The summed E-state index contributed by atoms with van der Waals surface area (Å²) in [5.74, 6) is -3.37. The Morgan fingerprint density at radius 3 is 1.37 bits per heavy atom. The summed E-state index contributed by atoms with van der Waals surface area (Å²) < 4.78 is 6.71. The molecule has 0 saturated carbocycles. The van der Waals surface area contributed by atoms with Gasteiger partial charge in [0.05, 0.1) is 5.92 Å². The zero-order chi connectivity index (χ0) is 35.3. The standard InChI is InChI=1S/C42H32O9/c43-22-7-1-19(2-8-22)34-36-29(14-26(47)16-31(36)49)41-38-30(15-27(48)18-33(38)51-42(41)21-5-11-24(45)12-6-21)40-35(20-3-9-23(44)10-4-20)39(34)28-13-25(46)17-32(50)37(28)40/h1-18,34-35,39-50H/t34-,35-,39-,40+,41-,42+/m1/s1. The molecule has 9 nitrogen and oxygen atoms in total. The van der Waals surface area contributed by atoms with Gasteiger partial charge in [0.15, 0.2) is 0 Å². The highest BCUT2D eigenvalue weighted by Gasteiger charge is 2.54. The zero-order valence-electron chi connectivity index (χ0n) is 26.8. The molecule has 2 bridgehead atoms. The number of hydrogen-bond acceptors (Lipinski definition) is 9. The summed E-state index contributed by atoms with van der Waals surface area (Å²) in [6.07, 6.45) is -0.738. The van der Waals surface area contributed by atoms with Crippen LogP contribution in [0.25, 0.3) is 0 Å². The number of fused-ring (bicyclic) bond motifs is 8. The van der Waals surface area contributed by atoms with E-state index in [0.29, 0.717) is 50.3 Å². The monoisotopic (exact) mass is 680 g/mol. The van der Waals surface area contributed by atoms with E-state index in [0.717, 1.165) is 5.56 Å². The van der Waals surface area contributed by atoms with Crippen LogP contribution < -0.4 is 4.74 Å². The van der Waals surface area contributed by atoms with Crippen molar-refractivity contribution < 1.29 is 45.6 Å². The molecule has 6 aromatic rings. The summed E-state index contributed by atoms with van der Waals surface area (Å²) in [7, 11) is 0. The largest absolute Gasteiger partial charge is 0.508 e. The maximum atomic E-state index is 12.1. The van der Waals surface area contributed by atoms with Crippen molar-refractivity contribution in [2.45, 2.75) is 35.7 Å². The number of phenols is 8. The predicted molar refractivity (Wildman–Crippen MR) is 186 cm³/mol. The number of rotatable bonds is 3. The molecule has 6 aromatic carbocycles. The van der Waals surface area contributed by atoms with Gasteiger partial charge in [-0.1, -0.05) is 36.4 Å². The minimum atomic E-state index is -0.738. The van der Waals surface area contributed by atoms with Gasteiger partial charge >= 0.3 is 0 Å². The quantitative estimate of drug-likeness (QED) is 0.0931. The van der Waals surface area contributed by atoms with E-state index in [2.05, 4.69) is 0 Å². The summed E-state index contributed by atoms with van der Waals surface area (Å²) in [5.41, 5.74) is 5.65. The summed E-state index contributed by atoms with van der Waals surface area (Å²) in [6.45, 7) is 0. The van der Waals surface area contributed by atoms with Crippen LogP contribution in [0.2, 0.25) is 0 Å². The molecular weight excluding hydrogens is 648 g/mol. The van der Waals surface area contributed by atoms with Gasteiger partial charge in [-0.3, -0.25) is 0 Å². The minimum Gasteiger partial charge on any atom is -0.508 e. The highest BCUT2D eigenvalue weighted by molar-refractivity contribution is 5.70. The van der Waals surface area contributed by atoms with E-state index in [-0.39, 0.29) is 46.0 Å². The molecule has 0 unspecified atom stereocenters. The zero-order valence-corrected chi connectivity index (χ0v) is 26.8. The fourth-order valence-corrected chi connectivity index (χ4v) is 9.07. The Kier molecular flexibility index (Phi) is 6.60. The lowest BCUT2D eigenvalue weighted by atomic mass is 9.68. The third kappa shape index (κ3) is 4.61. The van der Waals surface area contributed by atoms with Gasteiger partial charge in [-0.05, 0) is 88.0 Å². The SMILES string of the molecule is Oc1ccc([C@@H]2c3c(O)cc(O)cc3[C@@H]3c4c(cc(O)cc4[C@@H]4c5c(O)cc(O)cc5[C@H]2[C@H]4c2ccc(O)cc2)O[C@H]3c2ccc(O)cc2)cc1. The molecule has 1 heterocycles. The number of ether oxygens (including phenoxy) is 1. The molecule has 6 atom stereocenters. The molecular formula is C42H32O9. The van der Waals surface area contributed by atoms with Crippen molar-refractivity contribution in [3.8, 4) is 51.7 Å². The van der Waals surface area contributed by atoms with Crippen LogP contribution in [0.3, 0.4) is 0 Å². The second-order valence-electron chi connectivity index (χ2n) is 13.7. The van der Waals surface area contributed by atoms with Crippen LogP contribution in [0.15, 0.2) is 109 Å². The third-order valence-corrected chi connectivity index (χ3v) is 10.9. The van der Waals surface area contributed by atoms with E-state index in [4.69, 9.17) is 4.74 Å². The Bertz CT molecular complexity index is 2350. The maximum absolute atomic E-state index is 12.1. The van der Waals surface area contributed by atoms with E-state index in [1.54, 1.807) is 78.9 Å². The predicted octanol–water partition coefficient (Wildman–Crippen LogP) is 7.76. The summed E-state index contributed by atoms with van der Waals surface area (Å²) >= 11 is 0. The van der Waals surface area contributed by atoms with Crippen molar-refractivity contribution in [1.82, 2.24) is 0 Å². The molecule has 0 amide bonds. The van der Waals surface area contributed by atoms with Gasteiger partial charge in [-0.25, -0.2) is 0 Å². The van der Waals surface area contributed by atoms with Crippen molar-refractivity contribution in [3.05, 3.63) is 159 Å². The lowest BCUT2D eigenvalue weighted by Gasteiger charge is -2.34. The number of phenolic OH excluding ortho intramolecular Hbond substituents is 8. The Morgan fingerprint density at radius 2 is 0.804 bits per heavy atom. The summed E-state index contributed by atoms with van der Waals surface area (Å²) in [4.78, 5) is 0. The first kappa shape index (κ1) is 30.6. The number of aromatic hydroxyl groups is 8. The molecule has 0 spiro atoms. The van der Waals surface area contributed by atoms with E-state index in [9.17, 15) is 40.9 Å². The van der Waals surface area contributed by atoms with Gasteiger partial charge in [0.2, 0.25) is 0 Å². The number of hydrogen-bond donors (Lipinski definition) is 8. The van der Waals surface area contributed by atoms with Gasteiger partial charge in [-0.2, -0.15) is 0 Å². The van der Waals surface area contributed by atoms with Gasteiger partial charge in [0.1, 0.15) is 57.8 Å². The fraction of sp³-hybridized carbons (Fsp3) is 0.143. The van der Waals surface area contributed by atoms with Crippen LogP contribution in [-0.4, -0.2) is 40.9 Å². The first-order valence-electron chi connectivity index (χ1n) is 16.6. The first-order chi connectivity index (χ1) is 24.6. The normalized spacial score (nSPS) is 22.5. The van der Waals surface area contributed by atoms with Crippen LogP contribution in [0, 0.1) is 0 Å². The average molecular weight is 681 g/mol. The van der Waals surface area contributed by atoms with E-state index < -0.39 is 35.7 Å². The molecule has 0 aromatic heterocycles. The Labute approximate surface area is 291 Å². The Hall–Kier alpha value is -6.48. The molecule has 254 valence electrons. The molecule has 3 aliphatic rings. The fourth-order valence-electron chi connectivity index (χ4n) is 9.07. The van der Waals surface area contributed by atoms with Crippen molar-refractivity contribution in [2.24, 2.45) is 0 Å². The second kappa shape index (κ2) is 11.0. The molecule has 51 heavy (non-hydrogen) atoms. The lowest BCUT2D eigenvalue weighted by Crippen LogP contribution is -2.20. The van der Waals surface area contributed by atoms with Crippen molar-refractivity contribution in [2.75, 3.05) is 0 Å². The van der Waals surface area contributed by atoms with Gasteiger partial charge < -0.3 is 45.6 Å². The molecule has 9 heteroatoms. The van der Waals surface area contributed by atoms with Crippen molar-refractivity contribution >= 4 is 0 Å². The number of benzene rings is 6. The summed E-state index contributed by atoms with van der Waals surface area (Å²) in [5, 5.41) is 88.2. The highest BCUT2D eigenvalue weighted by atomic mass is 16.5. The van der Waals surface area contributed by atoms with Crippen molar-refractivity contribution in [1.29, 1.82) is 0 Å². The second-order valence-corrected chi connectivity index (χ2v) is 13.7. The van der Waals surface area contributed by atoms with Crippen LogP contribution in [-0.2, 0) is 0 Å². The molecule has 8 N–H and O–H groups in total.